The lowest BCUT2D eigenvalue weighted by Crippen LogP contribution is -2.25. The number of para-hydroxylation sites is 1. The van der Waals surface area contributed by atoms with Crippen molar-refractivity contribution in [3.63, 3.8) is 0 Å². The van der Waals surface area contributed by atoms with Crippen LogP contribution in [0.2, 0.25) is 0 Å². The third kappa shape index (κ3) is 3.63. The molecule has 1 aromatic heterocycles. The quantitative estimate of drug-likeness (QED) is 0.480. The van der Waals surface area contributed by atoms with Crippen LogP contribution in [0.3, 0.4) is 0 Å². The van der Waals surface area contributed by atoms with E-state index in [0.717, 1.165) is 47.2 Å². The predicted molar refractivity (Wildman–Crippen MR) is 117 cm³/mol. The molecule has 1 amide bonds. The van der Waals surface area contributed by atoms with Crippen LogP contribution in [0.25, 0.3) is 10.9 Å². The summed E-state index contributed by atoms with van der Waals surface area (Å²) >= 11 is 0. The first-order valence-corrected chi connectivity index (χ1v) is 10.4. The number of hydrogen-bond acceptors (Lipinski definition) is 5. The molecule has 7 heteroatoms. The van der Waals surface area contributed by atoms with Gasteiger partial charge in [-0.05, 0) is 43.5 Å². The number of benzene rings is 2. The first kappa shape index (κ1) is 19.2. The summed E-state index contributed by atoms with van der Waals surface area (Å²) in [5.41, 5.74) is 4.55. The zero-order valence-electron chi connectivity index (χ0n) is 17.2. The smallest absolute Gasteiger partial charge is 0.354 e. The number of fused-ring (bicyclic) bond motifs is 3. The van der Waals surface area contributed by atoms with Gasteiger partial charge in [-0.25, -0.2) is 4.79 Å². The third-order valence-electron chi connectivity index (χ3n) is 5.67. The van der Waals surface area contributed by atoms with Crippen molar-refractivity contribution in [2.24, 2.45) is 0 Å². The lowest BCUT2D eigenvalue weighted by atomic mass is 10.1. The Kier molecular flexibility index (Phi) is 4.86. The average molecular weight is 417 g/mol. The van der Waals surface area contributed by atoms with Gasteiger partial charge in [0, 0.05) is 35.4 Å². The summed E-state index contributed by atoms with van der Waals surface area (Å²) in [5, 5.41) is 4.21. The van der Waals surface area contributed by atoms with Crippen LogP contribution in [0.5, 0.6) is 5.75 Å². The van der Waals surface area contributed by atoms with Crippen molar-refractivity contribution < 1.29 is 19.1 Å². The van der Waals surface area contributed by atoms with E-state index in [-0.39, 0.29) is 19.1 Å². The number of aromatic amines is 1. The van der Waals surface area contributed by atoms with Gasteiger partial charge in [0.05, 0.1) is 11.3 Å². The highest BCUT2D eigenvalue weighted by Crippen LogP contribution is 2.33. The molecule has 0 atom stereocenters. The summed E-state index contributed by atoms with van der Waals surface area (Å²) < 4.78 is 11.2. The second kappa shape index (κ2) is 7.83. The molecule has 2 aromatic carbocycles. The fourth-order valence-corrected chi connectivity index (χ4v) is 4.07. The minimum Gasteiger partial charge on any atom is -0.490 e. The number of aromatic nitrogens is 1. The number of carbonyl (C=O) groups is 2. The monoisotopic (exact) mass is 417 g/mol. The molecule has 0 saturated carbocycles. The van der Waals surface area contributed by atoms with E-state index in [1.165, 1.54) is 0 Å². The number of nitrogens with zero attached hydrogens (tertiary/aromatic N) is 1. The van der Waals surface area contributed by atoms with Crippen molar-refractivity contribution in [3.8, 4) is 5.75 Å². The molecule has 2 aliphatic rings. The molecule has 2 aliphatic heterocycles. The van der Waals surface area contributed by atoms with E-state index in [1.807, 2.05) is 54.4 Å². The molecule has 5 rings (SSSR count). The Labute approximate surface area is 179 Å². The van der Waals surface area contributed by atoms with Gasteiger partial charge in [0.1, 0.15) is 24.7 Å². The van der Waals surface area contributed by atoms with Crippen LogP contribution < -0.4 is 10.1 Å². The highest BCUT2D eigenvalue weighted by Gasteiger charge is 2.29. The van der Waals surface area contributed by atoms with Gasteiger partial charge in [-0.15, -0.1) is 0 Å². The molecule has 0 radical (unpaired) electrons. The number of aryl methyl sites for hydroxylation is 1. The number of ether oxygens (including phenoxy) is 2. The third-order valence-corrected chi connectivity index (χ3v) is 5.67. The van der Waals surface area contributed by atoms with Crippen LogP contribution in [0.1, 0.15) is 39.3 Å². The van der Waals surface area contributed by atoms with Crippen molar-refractivity contribution in [1.82, 2.24) is 9.88 Å². The fraction of sp³-hybridized carbons (Fsp3) is 0.250. The highest BCUT2D eigenvalue weighted by molar-refractivity contribution is 6.02. The molecule has 31 heavy (non-hydrogen) atoms. The molecule has 3 heterocycles. The Bertz CT molecular complexity index is 1180. The Morgan fingerprint density at radius 1 is 1.16 bits per heavy atom. The Morgan fingerprint density at radius 2 is 2.03 bits per heavy atom. The second-order valence-electron chi connectivity index (χ2n) is 7.76. The maximum atomic E-state index is 12.9. The lowest BCUT2D eigenvalue weighted by molar-refractivity contribution is 0.0444. The summed E-state index contributed by atoms with van der Waals surface area (Å²) in [6, 6.07) is 13.1. The molecular formula is C24H23N3O4. The maximum Gasteiger partial charge on any atom is 0.354 e. The first-order valence-electron chi connectivity index (χ1n) is 10.4. The van der Waals surface area contributed by atoms with Gasteiger partial charge in [0.2, 0.25) is 0 Å². The molecular weight excluding hydrogens is 394 g/mol. The highest BCUT2D eigenvalue weighted by atomic mass is 16.6. The summed E-state index contributed by atoms with van der Waals surface area (Å²) in [6.45, 7) is 3.00. The van der Waals surface area contributed by atoms with E-state index < -0.39 is 5.97 Å². The van der Waals surface area contributed by atoms with Crippen LogP contribution in [0.4, 0.5) is 5.69 Å². The molecule has 0 spiro atoms. The number of anilines is 1. The van der Waals surface area contributed by atoms with Crippen molar-refractivity contribution in [1.29, 1.82) is 0 Å². The van der Waals surface area contributed by atoms with Crippen LogP contribution in [-0.4, -0.2) is 41.5 Å². The minimum atomic E-state index is -0.419. The Balaban J connectivity index is 1.22. The van der Waals surface area contributed by atoms with E-state index >= 15 is 0 Å². The predicted octanol–water partition coefficient (Wildman–Crippen LogP) is 4.22. The van der Waals surface area contributed by atoms with E-state index in [0.29, 0.717) is 17.0 Å². The van der Waals surface area contributed by atoms with Gasteiger partial charge in [-0.3, -0.25) is 4.79 Å². The van der Waals surface area contributed by atoms with Gasteiger partial charge in [0.25, 0.3) is 5.91 Å². The topological polar surface area (TPSA) is 83.7 Å². The van der Waals surface area contributed by atoms with Gasteiger partial charge >= 0.3 is 5.97 Å². The molecule has 0 aliphatic carbocycles. The van der Waals surface area contributed by atoms with Gasteiger partial charge < -0.3 is 24.7 Å². The molecule has 1 saturated heterocycles. The molecule has 3 aromatic rings. The number of nitrogens with one attached hydrogen (secondary N) is 2. The largest absolute Gasteiger partial charge is 0.490 e. The van der Waals surface area contributed by atoms with Crippen LogP contribution in [-0.2, 0) is 4.74 Å². The molecule has 0 unspecified atom stereocenters. The van der Waals surface area contributed by atoms with E-state index in [1.54, 1.807) is 6.07 Å². The molecule has 0 bridgehead atoms. The first-order chi connectivity index (χ1) is 15.1. The minimum absolute atomic E-state index is 0.0191. The number of rotatable bonds is 5. The van der Waals surface area contributed by atoms with E-state index in [9.17, 15) is 9.59 Å². The normalized spacial score (nSPS) is 15.1. The molecule has 158 valence electrons. The Morgan fingerprint density at radius 3 is 2.90 bits per heavy atom. The summed E-state index contributed by atoms with van der Waals surface area (Å²) in [4.78, 5) is 30.0. The number of carbonyl (C=O) groups excluding carboxylic acids is 2. The molecule has 7 nitrogen and oxygen atoms in total. The Hall–Kier alpha value is -3.74. The van der Waals surface area contributed by atoms with Crippen molar-refractivity contribution in [3.05, 3.63) is 71.2 Å². The van der Waals surface area contributed by atoms with Crippen LogP contribution in [0, 0.1) is 6.92 Å². The zero-order valence-corrected chi connectivity index (χ0v) is 17.2. The van der Waals surface area contributed by atoms with Gasteiger partial charge in [0.15, 0.2) is 0 Å². The van der Waals surface area contributed by atoms with Crippen LogP contribution >= 0.6 is 0 Å². The lowest BCUT2D eigenvalue weighted by Gasteiger charge is -2.17. The zero-order chi connectivity index (χ0) is 21.4. The van der Waals surface area contributed by atoms with Gasteiger partial charge in [-0.2, -0.15) is 0 Å². The number of allylic oxidation sites excluding steroid dienone is 1. The second-order valence-corrected chi connectivity index (χ2v) is 7.76. The van der Waals surface area contributed by atoms with E-state index in [2.05, 4.69) is 10.3 Å². The van der Waals surface area contributed by atoms with Crippen LogP contribution in [0.15, 0.2) is 54.4 Å². The van der Waals surface area contributed by atoms with Crippen molar-refractivity contribution >= 4 is 28.5 Å². The number of hydrogen-bond donors (Lipinski definition) is 2. The van der Waals surface area contributed by atoms with Crippen molar-refractivity contribution in [2.75, 3.05) is 25.1 Å². The van der Waals surface area contributed by atoms with E-state index in [4.69, 9.17) is 9.47 Å². The summed E-state index contributed by atoms with van der Waals surface area (Å²) in [5.74, 6) is 0.254. The number of esters is 1. The average Bonchev–Trinajstić information content (AvgIpc) is 3.40. The number of amides is 1. The fourth-order valence-electron chi connectivity index (χ4n) is 4.07. The van der Waals surface area contributed by atoms with Gasteiger partial charge in [-0.1, -0.05) is 18.2 Å². The maximum absolute atomic E-state index is 12.9. The SMILES string of the molecule is Cc1cc2c(cc1OCCOC(=O)c1cc3ccccc3[nH]1)NC=C1CCCN1C2=O. The standard InChI is InChI=1S/C24H23N3O4/c1-15-11-18-20(25-14-17-6-4-8-27(17)23(18)28)13-22(15)30-9-10-31-24(29)21-12-16-5-2-3-7-19(16)26-21/h2-3,5,7,11-14,25-26H,4,6,8-10H2,1H3. The molecule has 2 N–H and O–H groups in total. The molecule has 1 fully saturated rings. The summed E-state index contributed by atoms with van der Waals surface area (Å²) in [7, 11) is 0. The number of H-pyrrole nitrogens is 1. The van der Waals surface area contributed by atoms with Crippen molar-refractivity contribution in [2.45, 2.75) is 19.8 Å². The summed E-state index contributed by atoms with van der Waals surface area (Å²) in [6.07, 6.45) is 3.79.